The van der Waals surface area contributed by atoms with Crippen LogP contribution in [0.25, 0.3) is 0 Å². The fraction of sp³-hybridized carbons (Fsp3) is 0.333. The van der Waals surface area contributed by atoms with Crippen molar-refractivity contribution in [3.05, 3.63) is 47.3 Å². The van der Waals surface area contributed by atoms with E-state index in [0.29, 0.717) is 0 Å². The molecule has 0 unspecified atom stereocenters. The second-order valence-electron chi connectivity index (χ2n) is 3.55. The lowest BCUT2D eigenvalue weighted by molar-refractivity contribution is 0.607. The number of hydrogen-bond acceptors (Lipinski definition) is 0. The first-order chi connectivity index (χ1) is 6.09. The second-order valence-corrected chi connectivity index (χ2v) is 3.55. The highest BCUT2D eigenvalue weighted by Crippen LogP contribution is 2.13. The van der Waals surface area contributed by atoms with Gasteiger partial charge >= 0.3 is 0 Å². The summed E-state index contributed by atoms with van der Waals surface area (Å²) in [5, 5.41) is 0. The van der Waals surface area contributed by atoms with Gasteiger partial charge in [0.2, 0.25) is 0 Å². The minimum absolute atomic E-state index is 0.0961. The number of benzene rings is 1. The smallest absolute Gasteiger partial charge is 0.126 e. The SMILES string of the molecule is C=C(C)CCc1ccc(C)cc1F. The molecule has 0 bridgehead atoms. The van der Waals surface area contributed by atoms with Crippen molar-refractivity contribution in [1.82, 2.24) is 0 Å². The van der Waals surface area contributed by atoms with Crippen LogP contribution in [-0.4, -0.2) is 0 Å². The lowest BCUT2D eigenvalue weighted by atomic mass is 10.0. The van der Waals surface area contributed by atoms with Crippen molar-refractivity contribution >= 4 is 0 Å². The van der Waals surface area contributed by atoms with E-state index >= 15 is 0 Å². The molecule has 0 spiro atoms. The predicted molar refractivity (Wildman–Crippen MR) is 54.3 cm³/mol. The van der Waals surface area contributed by atoms with E-state index in [1.54, 1.807) is 6.07 Å². The zero-order valence-electron chi connectivity index (χ0n) is 8.23. The molecule has 0 aromatic heterocycles. The minimum atomic E-state index is -0.0961. The third-order valence-electron chi connectivity index (χ3n) is 2.03. The summed E-state index contributed by atoms with van der Waals surface area (Å²) < 4.78 is 13.3. The van der Waals surface area contributed by atoms with Crippen molar-refractivity contribution in [3.8, 4) is 0 Å². The number of rotatable bonds is 3. The van der Waals surface area contributed by atoms with Gasteiger partial charge in [0.05, 0.1) is 0 Å². The van der Waals surface area contributed by atoms with Crippen LogP contribution in [0.1, 0.15) is 24.5 Å². The standard InChI is InChI=1S/C12H15F/c1-9(2)4-6-11-7-5-10(3)8-12(11)13/h5,7-8H,1,4,6H2,2-3H3. The maximum atomic E-state index is 13.3. The van der Waals surface area contributed by atoms with Gasteiger partial charge in [-0.05, 0) is 43.9 Å². The molecular formula is C12H15F. The molecule has 13 heavy (non-hydrogen) atoms. The Morgan fingerprint density at radius 1 is 1.46 bits per heavy atom. The monoisotopic (exact) mass is 178 g/mol. The molecule has 0 aliphatic carbocycles. The van der Waals surface area contributed by atoms with Crippen LogP contribution < -0.4 is 0 Å². The largest absolute Gasteiger partial charge is 0.207 e. The number of halogens is 1. The summed E-state index contributed by atoms with van der Waals surface area (Å²) in [4.78, 5) is 0. The van der Waals surface area contributed by atoms with E-state index in [-0.39, 0.29) is 5.82 Å². The summed E-state index contributed by atoms with van der Waals surface area (Å²) in [6, 6.07) is 5.37. The lowest BCUT2D eigenvalue weighted by Gasteiger charge is -2.03. The van der Waals surface area contributed by atoms with E-state index in [4.69, 9.17) is 0 Å². The average Bonchev–Trinajstić information content (AvgIpc) is 2.02. The second kappa shape index (κ2) is 4.22. The summed E-state index contributed by atoms with van der Waals surface area (Å²) in [5.74, 6) is -0.0961. The maximum Gasteiger partial charge on any atom is 0.126 e. The Morgan fingerprint density at radius 3 is 2.69 bits per heavy atom. The first kappa shape index (κ1) is 9.97. The van der Waals surface area contributed by atoms with Crippen LogP contribution in [0.3, 0.4) is 0 Å². The topological polar surface area (TPSA) is 0 Å². The van der Waals surface area contributed by atoms with E-state index < -0.39 is 0 Å². The molecule has 0 N–H and O–H groups in total. The highest BCUT2D eigenvalue weighted by atomic mass is 19.1. The third kappa shape index (κ3) is 3.02. The van der Waals surface area contributed by atoms with E-state index in [1.807, 2.05) is 26.0 Å². The Labute approximate surface area is 79.1 Å². The van der Waals surface area contributed by atoms with Gasteiger partial charge in [-0.1, -0.05) is 17.7 Å². The number of aryl methyl sites for hydroxylation is 2. The van der Waals surface area contributed by atoms with Gasteiger partial charge in [-0.2, -0.15) is 0 Å². The van der Waals surface area contributed by atoms with Gasteiger partial charge in [-0.25, -0.2) is 4.39 Å². The predicted octanol–water partition coefficient (Wildman–Crippen LogP) is 3.64. The van der Waals surface area contributed by atoms with E-state index in [0.717, 1.165) is 29.5 Å². The van der Waals surface area contributed by atoms with Gasteiger partial charge in [0.15, 0.2) is 0 Å². The zero-order chi connectivity index (χ0) is 9.84. The molecule has 70 valence electrons. The summed E-state index contributed by atoms with van der Waals surface area (Å²) in [7, 11) is 0. The highest BCUT2D eigenvalue weighted by Gasteiger charge is 2.01. The highest BCUT2D eigenvalue weighted by molar-refractivity contribution is 5.24. The van der Waals surface area contributed by atoms with Gasteiger partial charge < -0.3 is 0 Å². The van der Waals surface area contributed by atoms with E-state index in [2.05, 4.69) is 6.58 Å². The summed E-state index contributed by atoms with van der Waals surface area (Å²) >= 11 is 0. The van der Waals surface area contributed by atoms with Crippen molar-refractivity contribution in [2.24, 2.45) is 0 Å². The van der Waals surface area contributed by atoms with Crippen LogP contribution in [0.5, 0.6) is 0 Å². The van der Waals surface area contributed by atoms with E-state index in [9.17, 15) is 4.39 Å². The maximum absolute atomic E-state index is 13.3. The van der Waals surface area contributed by atoms with Crippen LogP contribution in [-0.2, 0) is 6.42 Å². The summed E-state index contributed by atoms with van der Waals surface area (Å²) in [6.45, 7) is 7.65. The van der Waals surface area contributed by atoms with Gasteiger partial charge in [0, 0.05) is 0 Å². The Bertz CT molecular complexity index is 313. The molecule has 0 saturated heterocycles. The zero-order valence-corrected chi connectivity index (χ0v) is 8.23. The minimum Gasteiger partial charge on any atom is -0.207 e. The summed E-state index contributed by atoms with van der Waals surface area (Å²) in [5.41, 5.74) is 2.85. The average molecular weight is 178 g/mol. The van der Waals surface area contributed by atoms with Crippen LogP contribution in [0.4, 0.5) is 4.39 Å². The Morgan fingerprint density at radius 2 is 2.15 bits per heavy atom. The Hall–Kier alpha value is -1.11. The molecule has 0 aliphatic rings. The van der Waals surface area contributed by atoms with Crippen LogP contribution in [0.2, 0.25) is 0 Å². The Balaban J connectivity index is 2.72. The molecule has 0 atom stereocenters. The van der Waals surface area contributed by atoms with Gasteiger partial charge in [-0.15, -0.1) is 6.58 Å². The van der Waals surface area contributed by atoms with E-state index in [1.165, 1.54) is 0 Å². The molecule has 1 heteroatoms. The normalized spacial score (nSPS) is 10.1. The molecule has 0 fully saturated rings. The Kier molecular flexibility index (Phi) is 3.24. The van der Waals surface area contributed by atoms with Crippen molar-refractivity contribution < 1.29 is 4.39 Å². The molecule has 0 radical (unpaired) electrons. The fourth-order valence-electron chi connectivity index (χ4n) is 1.20. The van der Waals surface area contributed by atoms with Gasteiger partial charge in [-0.3, -0.25) is 0 Å². The van der Waals surface area contributed by atoms with Crippen LogP contribution in [0, 0.1) is 12.7 Å². The van der Waals surface area contributed by atoms with Crippen molar-refractivity contribution in [3.63, 3.8) is 0 Å². The molecular weight excluding hydrogens is 163 g/mol. The molecule has 1 aromatic rings. The number of hydrogen-bond donors (Lipinski definition) is 0. The van der Waals surface area contributed by atoms with Crippen molar-refractivity contribution in [2.75, 3.05) is 0 Å². The summed E-state index contributed by atoms with van der Waals surface area (Å²) in [6.07, 6.45) is 1.61. The molecule has 0 nitrogen and oxygen atoms in total. The quantitative estimate of drug-likeness (QED) is 0.620. The first-order valence-electron chi connectivity index (χ1n) is 4.49. The molecule has 0 heterocycles. The molecule has 0 amide bonds. The van der Waals surface area contributed by atoms with Crippen molar-refractivity contribution in [1.29, 1.82) is 0 Å². The van der Waals surface area contributed by atoms with Crippen LogP contribution in [0.15, 0.2) is 30.4 Å². The molecule has 1 aromatic carbocycles. The van der Waals surface area contributed by atoms with Gasteiger partial charge in [0.1, 0.15) is 5.82 Å². The van der Waals surface area contributed by atoms with Crippen molar-refractivity contribution in [2.45, 2.75) is 26.7 Å². The molecule has 0 saturated carbocycles. The molecule has 0 aliphatic heterocycles. The third-order valence-corrected chi connectivity index (χ3v) is 2.03. The first-order valence-corrected chi connectivity index (χ1v) is 4.49. The number of allylic oxidation sites excluding steroid dienone is 1. The lowest BCUT2D eigenvalue weighted by Crippen LogP contribution is -1.91. The fourth-order valence-corrected chi connectivity index (χ4v) is 1.20. The van der Waals surface area contributed by atoms with Crippen LogP contribution >= 0.6 is 0 Å². The van der Waals surface area contributed by atoms with Gasteiger partial charge in [0.25, 0.3) is 0 Å². The molecule has 1 rings (SSSR count).